The Hall–Kier alpha value is -1.80. The van der Waals surface area contributed by atoms with Crippen molar-refractivity contribution in [2.24, 2.45) is 17.8 Å². The minimum atomic E-state index is -0.742. The Morgan fingerprint density at radius 2 is 1.97 bits per heavy atom. The fourth-order valence-electron chi connectivity index (χ4n) is 6.51. The fourth-order valence-corrected chi connectivity index (χ4v) is 8.84. The molecule has 0 radical (unpaired) electrons. The summed E-state index contributed by atoms with van der Waals surface area (Å²) in [5, 5.41) is 10.4. The van der Waals surface area contributed by atoms with Crippen molar-refractivity contribution >= 4 is 29.5 Å². The zero-order valence-corrected chi connectivity index (χ0v) is 23.4. The van der Waals surface area contributed by atoms with Crippen molar-refractivity contribution in [2.45, 2.75) is 94.3 Å². The number of aliphatic hydroxyl groups is 1. The van der Waals surface area contributed by atoms with E-state index in [1.165, 1.54) is 0 Å². The van der Waals surface area contributed by atoms with E-state index in [0.717, 1.165) is 19.3 Å². The summed E-state index contributed by atoms with van der Waals surface area (Å²) in [5.41, 5.74) is 0. The molecule has 7 atom stereocenters. The molecule has 7 nitrogen and oxygen atoms in total. The van der Waals surface area contributed by atoms with Gasteiger partial charge in [-0.05, 0) is 52.4 Å². The molecule has 8 heteroatoms. The third-order valence-electron chi connectivity index (χ3n) is 8.58. The SMILES string of the molecule is C=CCCCOC(=O)[C@@H]1[C@H]2C(=O)N([C@@H](CO)[C@@H](C)CC)C(C(=O)N(CC=C)C(C)C)C23CC[C@@]1(C)S3. The number of amides is 2. The fraction of sp³-hybridized carbons (Fsp3) is 0.750. The maximum absolute atomic E-state index is 14.3. The molecule has 0 saturated carbocycles. The number of unbranched alkanes of at least 4 members (excludes halogenated alkanes) is 1. The molecule has 0 aromatic carbocycles. The summed E-state index contributed by atoms with van der Waals surface area (Å²) < 4.78 is 4.50. The van der Waals surface area contributed by atoms with Gasteiger partial charge in [0.15, 0.2) is 0 Å². The van der Waals surface area contributed by atoms with Gasteiger partial charge in [0, 0.05) is 17.3 Å². The Labute approximate surface area is 220 Å². The molecular formula is C28H44N2O5S. The highest BCUT2D eigenvalue weighted by atomic mass is 32.2. The highest BCUT2D eigenvalue weighted by molar-refractivity contribution is 8.02. The summed E-state index contributed by atoms with van der Waals surface area (Å²) in [6.07, 6.45) is 7.11. The minimum Gasteiger partial charge on any atom is -0.465 e. The smallest absolute Gasteiger partial charge is 0.311 e. The van der Waals surface area contributed by atoms with Crippen LogP contribution < -0.4 is 0 Å². The highest BCUT2D eigenvalue weighted by Crippen LogP contribution is 2.72. The van der Waals surface area contributed by atoms with Gasteiger partial charge >= 0.3 is 5.97 Å². The lowest BCUT2D eigenvalue weighted by atomic mass is 9.66. The van der Waals surface area contributed by atoms with Gasteiger partial charge in [-0.15, -0.1) is 24.9 Å². The van der Waals surface area contributed by atoms with Crippen LogP contribution in [0.25, 0.3) is 0 Å². The predicted octanol–water partition coefficient (Wildman–Crippen LogP) is 3.81. The van der Waals surface area contributed by atoms with Crippen LogP contribution in [0, 0.1) is 17.8 Å². The molecule has 1 N–H and O–H groups in total. The van der Waals surface area contributed by atoms with Crippen molar-refractivity contribution in [2.75, 3.05) is 19.8 Å². The van der Waals surface area contributed by atoms with E-state index >= 15 is 0 Å². The number of carbonyl (C=O) groups is 3. The van der Waals surface area contributed by atoms with E-state index in [-0.39, 0.29) is 43.0 Å². The summed E-state index contributed by atoms with van der Waals surface area (Å²) in [4.78, 5) is 45.4. The Balaban J connectivity index is 2.08. The number of allylic oxidation sites excluding steroid dienone is 1. The van der Waals surface area contributed by atoms with Crippen molar-refractivity contribution in [1.82, 2.24) is 9.80 Å². The van der Waals surface area contributed by atoms with Crippen molar-refractivity contribution in [3.05, 3.63) is 25.3 Å². The van der Waals surface area contributed by atoms with Gasteiger partial charge in [0.05, 0.1) is 35.8 Å². The van der Waals surface area contributed by atoms with Crippen LogP contribution in [-0.4, -0.2) is 80.1 Å². The largest absolute Gasteiger partial charge is 0.465 e. The second-order valence-corrected chi connectivity index (χ2v) is 13.0. The molecule has 2 amide bonds. The molecule has 2 unspecified atom stereocenters. The first-order chi connectivity index (χ1) is 17.0. The lowest BCUT2D eigenvalue weighted by Crippen LogP contribution is -2.59. The molecule has 3 heterocycles. The van der Waals surface area contributed by atoms with Crippen LogP contribution in [0.15, 0.2) is 25.3 Å². The highest BCUT2D eigenvalue weighted by Gasteiger charge is 2.78. The average molecular weight is 521 g/mol. The van der Waals surface area contributed by atoms with Gasteiger partial charge in [-0.3, -0.25) is 14.4 Å². The van der Waals surface area contributed by atoms with Crippen molar-refractivity contribution in [1.29, 1.82) is 0 Å². The topological polar surface area (TPSA) is 87.1 Å². The van der Waals surface area contributed by atoms with Crippen molar-refractivity contribution < 1.29 is 24.2 Å². The number of esters is 1. The van der Waals surface area contributed by atoms with Gasteiger partial charge in [0.25, 0.3) is 0 Å². The first-order valence-corrected chi connectivity index (χ1v) is 14.2. The molecule has 0 aromatic heterocycles. The molecule has 36 heavy (non-hydrogen) atoms. The molecule has 3 aliphatic rings. The molecule has 2 bridgehead atoms. The Bertz CT molecular complexity index is 878. The molecule has 0 aliphatic carbocycles. The molecule has 1 spiro atoms. The number of rotatable bonds is 13. The van der Waals surface area contributed by atoms with Crippen LogP contribution in [0.3, 0.4) is 0 Å². The number of likely N-dealkylation sites (tertiary alicyclic amines) is 1. The van der Waals surface area contributed by atoms with Gasteiger partial charge in [-0.2, -0.15) is 0 Å². The van der Waals surface area contributed by atoms with Crippen LogP contribution in [0.2, 0.25) is 0 Å². The first-order valence-electron chi connectivity index (χ1n) is 13.4. The normalized spacial score (nSPS) is 32.4. The maximum Gasteiger partial charge on any atom is 0.311 e. The summed E-state index contributed by atoms with van der Waals surface area (Å²) >= 11 is 1.64. The number of thioether (sulfide) groups is 1. The van der Waals surface area contributed by atoms with Gasteiger partial charge in [0.1, 0.15) is 6.04 Å². The second kappa shape index (κ2) is 11.3. The van der Waals surface area contributed by atoms with Gasteiger partial charge in [-0.1, -0.05) is 32.4 Å². The third kappa shape index (κ3) is 4.64. The third-order valence-corrected chi connectivity index (χ3v) is 10.6. The summed E-state index contributed by atoms with van der Waals surface area (Å²) in [6, 6.07) is -1.32. The number of ether oxygens (including phenoxy) is 1. The van der Waals surface area contributed by atoms with E-state index in [9.17, 15) is 19.5 Å². The van der Waals surface area contributed by atoms with Crippen LogP contribution >= 0.6 is 11.8 Å². The lowest BCUT2D eigenvalue weighted by Gasteiger charge is -2.42. The van der Waals surface area contributed by atoms with Crippen LogP contribution in [0.4, 0.5) is 0 Å². The number of carbonyl (C=O) groups excluding carboxylic acids is 3. The molecule has 3 aliphatic heterocycles. The zero-order valence-electron chi connectivity index (χ0n) is 22.6. The molecule has 3 saturated heterocycles. The standard InChI is InChI=1S/C28H44N2O5S/c1-8-11-12-16-35-26(34)22-21-24(32)30(20(17-31)19(6)10-3)23(25(33)29(15-9-2)18(4)5)28(21)14-13-27(22,7)36-28/h8-9,18-23,31H,1-2,10-17H2,3-7H3/t19-,20-,21-,22-,23?,27+,28?/m0/s1. The zero-order chi connectivity index (χ0) is 26.8. The van der Waals surface area contributed by atoms with Gasteiger partial charge in [0.2, 0.25) is 11.8 Å². The predicted molar refractivity (Wildman–Crippen MR) is 143 cm³/mol. The number of hydrogen-bond donors (Lipinski definition) is 1. The van der Waals surface area contributed by atoms with Crippen molar-refractivity contribution in [3.63, 3.8) is 0 Å². The number of fused-ring (bicyclic) bond motifs is 1. The average Bonchev–Trinajstić information content (AvgIpc) is 3.41. The number of hydrogen-bond acceptors (Lipinski definition) is 6. The van der Waals surface area contributed by atoms with Crippen molar-refractivity contribution in [3.8, 4) is 0 Å². The van der Waals surface area contributed by atoms with Crippen LogP contribution in [0.5, 0.6) is 0 Å². The van der Waals surface area contributed by atoms with Crippen LogP contribution in [-0.2, 0) is 19.1 Å². The van der Waals surface area contributed by atoms with E-state index in [1.807, 2.05) is 34.6 Å². The van der Waals surface area contributed by atoms with Gasteiger partial charge in [-0.25, -0.2) is 0 Å². The Morgan fingerprint density at radius 1 is 1.28 bits per heavy atom. The van der Waals surface area contributed by atoms with E-state index in [0.29, 0.717) is 19.4 Å². The monoisotopic (exact) mass is 520 g/mol. The van der Waals surface area contributed by atoms with E-state index in [4.69, 9.17) is 4.74 Å². The van der Waals surface area contributed by atoms with E-state index in [1.54, 1.807) is 33.7 Å². The lowest BCUT2D eigenvalue weighted by molar-refractivity contribution is -0.156. The number of aliphatic hydroxyl groups excluding tert-OH is 1. The van der Waals surface area contributed by atoms with E-state index in [2.05, 4.69) is 13.2 Å². The maximum atomic E-state index is 14.3. The minimum absolute atomic E-state index is 0.00141. The summed E-state index contributed by atoms with van der Waals surface area (Å²) in [6.45, 7) is 18.0. The van der Waals surface area contributed by atoms with Gasteiger partial charge < -0.3 is 19.6 Å². The summed E-state index contributed by atoms with van der Waals surface area (Å²) in [7, 11) is 0. The van der Waals surface area contributed by atoms with Crippen LogP contribution in [0.1, 0.15) is 66.7 Å². The molecular weight excluding hydrogens is 476 g/mol. The van der Waals surface area contributed by atoms with E-state index < -0.39 is 33.4 Å². The molecule has 202 valence electrons. The number of nitrogens with zero attached hydrogens (tertiary/aromatic N) is 2. The molecule has 3 fully saturated rings. The summed E-state index contributed by atoms with van der Waals surface area (Å²) in [5.74, 6) is -1.93. The Kier molecular flexibility index (Phi) is 9.03. The molecule has 0 aromatic rings. The first kappa shape index (κ1) is 28.8. The Morgan fingerprint density at radius 3 is 2.53 bits per heavy atom. The molecule has 3 rings (SSSR count). The quantitative estimate of drug-likeness (QED) is 0.226. The second-order valence-electron chi connectivity index (χ2n) is 11.1.